The maximum atomic E-state index is 11.9. The molecule has 0 saturated heterocycles. The third-order valence-electron chi connectivity index (χ3n) is 2.59. The highest BCUT2D eigenvalue weighted by atomic mass is 79.9. The fraction of sp³-hybridized carbons (Fsp3) is 0.143. The van der Waals surface area contributed by atoms with Crippen LogP contribution in [0.3, 0.4) is 0 Å². The highest BCUT2D eigenvalue weighted by Gasteiger charge is 2.07. The largest absolute Gasteiger partial charge is 0.324 e. The van der Waals surface area contributed by atoms with E-state index in [2.05, 4.69) is 21.2 Å². The average Bonchev–Trinajstić information content (AvgIpc) is 2.37. The Kier molecular flexibility index (Phi) is 4.16. The van der Waals surface area contributed by atoms with Crippen LogP contribution in [-0.4, -0.2) is 10.5 Å². The first-order valence-corrected chi connectivity index (χ1v) is 6.57. The number of aromatic nitrogens is 1. The van der Waals surface area contributed by atoms with Crippen molar-refractivity contribution in [3.05, 3.63) is 63.0 Å². The summed E-state index contributed by atoms with van der Waals surface area (Å²) in [6.45, 7) is 1.88. The van der Waals surface area contributed by atoms with Crippen LogP contribution in [0.1, 0.15) is 5.56 Å². The molecule has 1 aromatic heterocycles. The van der Waals surface area contributed by atoms with Crippen LogP contribution in [0.5, 0.6) is 0 Å². The van der Waals surface area contributed by atoms with Gasteiger partial charge in [0.25, 0.3) is 5.56 Å². The monoisotopic (exact) mass is 320 g/mol. The lowest BCUT2D eigenvalue weighted by atomic mass is 10.3. The van der Waals surface area contributed by atoms with Crippen molar-refractivity contribution in [3.8, 4) is 0 Å². The predicted octanol–water partition coefficient (Wildman–Crippen LogP) is 2.56. The van der Waals surface area contributed by atoms with Crippen molar-refractivity contribution in [1.29, 1.82) is 0 Å². The van der Waals surface area contributed by atoms with Crippen LogP contribution in [-0.2, 0) is 11.3 Å². The second-order valence-corrected chi connectivity index (χ2v) is 5.05. The zero-order valence-electron chi connectivity index (χ0n) is 10.4. The quantitative estimate of drug-likeness (QED) is 0.944. The summed E-state index contributed by atoms with van der Waals surface area (Å²) in [5.74, 6) is -0.236. The number of aryl methyl sites for hydroxylation is 1. The number of halogens is 1. The van der Waals surface area contributed by atoms with Gasteiger partial charge in [-0.05, 0) is 40.5 Å². The third-order valence-corrected chi connectivity index (χ3v) is 3.28. The Morgan fingerprint density at radius 1 is 1.26 bits per heavy atom. The Balaban J connectivity index is 2.12. The minimum Gasteiger partial charge on any atom is -0.324 e. The summed E-state index contributed by atoms with van der Waals surface area (Å²) >= 11 is 3.35. The number of carbonyl (C=O) groups is 1. The molecule has 1 heterocycles. The number of para-hydroxylation sites is 1. The molecule has 0 aliphatic carbocycles. The van der Waals surface area contributed by atoms with Crippen molar-refractivity contribution in [1.82, 2.24) is 4.57 Å². The molecule has 98 valence electrons. The van der Waals surface area contributed by atoms with Gasteiger partial charge in [-0.25, -0.2) is 0 Å². The van der Waals surface area contributed by atoms with Gasteiger partial charge >= 0.3 is 0 Å². The number of nitrogens with zero attached hydrogens (tertiary/aromatic N) is 1. The molecule has 19 heavy (non-hydrogen) atoms. The van der Waals surface area contributed by atoms with Gasteiger partial charge in [-0.15, -0.1) is 0 Å². The van der Waals surface area contributed by atoms with Crippen LogP contribution in [0.4, 0.5) is 5.69 Å². The van der Waals surface area contributed by atoms with E-state index in [1.807, 2.05) is 25.1 Å². The highest BCUT2D eigenvalue weighted by molar-refractivity contribution is 9.10. The highest BCUT2D eigenvalue weighted by Crippen LogP contribution is 2.20. The standard InChI is InChI=1S/C14H13BrN2O2/c1-10-6-7-14(19)17(8-10)9-13(18)16-12-5-3-2-4-11(12)15/h2-8H,9H2,1H3,(H,16,18). The van der Waals surface area contributed by atoms with Gasteiger partial charge < -0.3 is 9.88 Å². The Hall–Kier alpha value is -1.88. The summed E-state index contributed by atoms with van der Waals surface area (Å²) in [5.41, 5.74) is 1.44. The number of anilines is 1. The molecule has 0 aliphatic rings. The van der Waals surface area contributed by atoms with E-state index in [-0.39, 0.29) is 18.0 Å². The lowest BCUT2D eigenvalue weighted by Gasteiger charge is -2.09. The first kappa shape index (κ1) is 13.5. The molecule has 0 saturated carbocycles. The minimum atomic E-state index is -0.236. The van der Waals surface area contributed by atoms with Crippen LogP contribution >= 0.6 is 15.9 Å². The summed E-state index contributed by atoms with van der Waals surface area (Å²) in [4.78, 5) is 23.5. The molecule has 0 atom stereocenters. The number of benzene rings is 1. The van der Waals surface area contributed by atoms with Gasteiger partial charge in [0.15, 0.2) is 0 Å². The second kappa shape index (κ2) is 5.84. The van der Waals surface area contributed by atoms with Gasteiger partial charge in [0.05, 0.1) is 5.69 Å². The smallest absolute Gasteiger partial charge is 0.251 e. The fourth-order valence-electron chi connectivity index (χ4n) is 1.68. The average molecular weight is 321 g/mol. The number of rotatable bonds is 3. The maximum Gasteiger partial charge on any atom is 0.251 e. The van der Waals surface area contributed by atoms with Gasteiger partial charge in [0.1, 0.15) is 6.54 Å². The molecule has 0 spiro atoms. The molecule has 0 fully saturated rings. The molecule has 4 nitrogen and oxygen atoms in total. The molecule has 2 rings (SSSR count). The van der Waals surface area contributed by atoms with Gasteiger partial charge in [0.2, 0.25) is 5.91 Å². The molecule has 1 amide bonds. The van der Waals surface area contributed by atoms with Crippen LogP contribution in [0.2, 0.25) is 0 Å². The van der Waals surface area contributed by atoms with E-state index in [0.717, 1.165) is 10.0 Å². The van der Waals surface area contributed by atoms with Crippen molar-refractivity contribution in [2.75, 3.05) is 5.32 Å². The minimum absolute atomic E-state index is 0.00183. The number of pyridine rings is 1. The summed E-state index contributed by atoms with van der Waals surface area (Å²) in [5, 5.41) is 2.76. The topological polar surface area (TPSA) is 51.1 Å². The SMILES string of the molecule is Cc1ccc(=O)n(CC(=O)Nc2ccccc2Br)c1. The normalized spacial score (nSPS) is 10.2. The number of hydrogen-bond acceptors (Lipinski definition) is 2. The summed E-state index contributed by atoms with van der Waals surface area (Å²) in [6.07, 6.45) is 1.67. The van der Waals surface area contributed by atoms with Gasteiger partial charge in [-0.3, -0.25) is 9.59 Å². The Bertz CT molecular complexity index is 664. The predicted molar refractivity (Wildman–Crippen MR) is 78.2 cm³/mol. The molecule has 1 N–H and O–H groups in total. The molecular weight excluding hydrogens is 308 g/mol. The van der Waals surface area contributed by atoms with Crippen molar-refractivity contribution in [2.24, 2.45) is 0 Å². The molecule has 0 aliphatic heterocycles. The van der Waals surface area contributed by atoms with E-state index < -0.39 is 0 Å². The number of hydrogen-bond donors (Lipinski definition) is 1. The summed E-state index contributed by atoms with van der Waals surface area (Å²) in [7, 11) is 0. The van der Waals surface area contributed by atoms with E-state index in [9.17, 15) is 9.59 Å². The molecular formula is C14H13BrN2O2. The Morgan fingerprint density at radius 3 is 2.74 bits per heavy atom. The maximum absolute atomic E-state index is 11.9. The Labute approximate surface area is 119 Å². The van der Waals surface area contributed by atoms with Crippen LogP contribution in [0.15, 0.2) is 51.9 Å². The van der Waals surface area contributed by atoms with E-state index in [1.165, 1.54) is 10.6 Å². The first-order valence-electron chi connectivity index (χ1n) is 5.78. The zero-order chi connectivity index (χ0) is 13.8. The van der Waals surface area contributed by atoms with Crippen LogP contribution in [0, 0.1) is 6.92 Å². The van der Waals surface area contributed by atoms with E-state index in [4.69, 9.17) is 0 Å². The molecule has 1 aromatic carbocycles. The van der Waals surface area contributed by atoms with E-state index >= 15 is 0 Å². The number of carbonyl (C=O) groups excluding carboxylic acids is 1. The Morgan fingerprint density at radius 2 is 2.00 bits per heavy atom. The van der Waals surface area contributed by atoms with Gasteiger partial charge in [-0.1, -0.05) is 18.2 Å². The van der Waals surface area contributed by atoms with Crippen molar-refractivity contribution in [3.63, 3.8) is 0 Å². The number of nitrogens with one attached hydrogen (secondary N) is 1. The van der Waals surface area contributed by atoms with Gasteiger partial charge in [0, 0.05) is 16.7 Å². The molecule has 0 unspecified atom stereocenters. The molecule has 0 bridgehead atoms. The van der Waals surface area contributed by atoms with Crippen molar-refractivity contribution < 1.29 is 4.79 Å². The zero-order valence-corrected chi connectivity index (χ0v) is 12.0. The molecule has 2 aromatic rings. The number of amides is 1. The van der Waals surface area contributed by atoms with Gasteiger partial charge in [-0.2, -0.15) is 0 Å². The van der Waals surface area contributed by atoms with Crippen LogP contribution in [0.25, 0.3) is 0 Å². The van der Waals surface area contributed by atoms with Crippen molar-refractivity contribution in [2.45, 2.75) is 13.5 Å². The lowest BCUT2D eigenvalue weighted by molar-refractivity contribution is -0.116. The summed E-state index contributed by atoms with van der Waals surface area (Å²) < 4.78 is 2.20. The van der Waals surface area contributed by atoms with E-state index in [1.54, 1.807) is 18.3 Å². The van der Waals surface area contributed by atoms with E-state index in [0.29, 0.717) is 5.69 Å². The second-order valence-electron chi connectivity index (χ2n) is 4.20. The lowest BCUT2D eigenvalue weighted by Crippen LogP contribution is -2.27. The third kappa shape index (κ3) is 3.54. The summed E-state index contributed by atoms with van der Waals surface area (Å²) in [6, 6.07) is 10.5. The first-order chi connectivity index (χ1) is 9.06. The molecule has 0 radical (unpaired) electrons. The van der Waals surface area contributed by atoms with Crippen LogP contribution < -0.4 is 10.9 Å². The fourth-order valence-corrected chi connectivity index (χ4v) is 2.07. The molecule has 5 heteroatoms. The van der Waals surface area contributed by atoms with Crippen molar-refractivity contribution >= 4 is 27.5 Å².